The molecule has 0 N–H and O–H groups in total. The Morgan fingerprint density at radius 3 is 2.70 bits per heavy atom. The fraction of sp³-hybridized carbons (Fsp3) is 0.533. The number of carbonyl (C=O) groups excluding carboxylic acids is 1. The number of carbonyl (C=O) groups is 1. The molecular formula is C15H19Cl2NO3S2. The summed E-state index contributed by atoms with van der Waals surface area (Å²) in [6.07, 6.45) is 0.511. The Morgan fingerprint density at radius 2 is 2.13 bits per heavy atom. The Morgan fingerprint density at radius 1 is 1.43 bits per heavy atom. The van der Waals surface area contributed by atoms with Gasteiger partial charge >= 0.3 is 0 Å². The van der Waals surface area contributed by atoms with Crippen LogP contribution < -0.4 is 0 Å². The molecule has 128 valence electrons. The maximum Gasteiger partial charge on any atom is 0.236 e. The lowest BCUT2D eigenvalue weighted by atomic mass is 10.2. The molecule has 4 nitrogen and oxygen atoms in total. The zero-order valence-corrected chi connectivity index (χ0v) is 16.1. The molecule has 1 heterocycles. The van der Waals surface area contributed by atoms with Crippen LogP contribution in [0.25, 0.3) is 0 Å². The number of benzene rings is 1. The van der Waals surface area contributed by atoms with Gasteiger partial charge in [0.2, 0.25) is 5.91 Å². The maximum atomic E-state index is 12.7. The molecule has 0 saturated carbocycles. The Labute approximate surface area is 151 Å². The molecule has 0 aliphatic carbocycles. The van der Waals surface area contributed by atoms with E-state index in [2.05, 4.69) is 0 Å². The van der Waals surface area contributed by atoms with Crippen molar-refractivity contribution < 1.29 is 13.2 Å². The molecule has 2 atom stereocenters. The summed E-state index contributed by atoms with van der Waals surface area (Å²) in [6, 6.07) is 4.90. The van der Waals surface area contributed by atoms with Crippen molar-refractivity contribution in [1.82, 2.24) is 4.90 Å². The Bertz CT molecular complexity index is 694. The highest BCUT2D eigenvalue weighted by Crippen LogP contribution is 2.33. The molecule has 1 aromatic carbocycles. The highest BCUT2D eigenvalue weighted by molar-refractivity contribution is 8.00. The minimum atomic E-state index is -3.02. The average molecular weight is 396 g/mol. The predicted molar refractivity (Wildman–Crippen MR) is 96.2 cm³/mol. The molecule has 0 unspecified atom stereocenters. The summed E-state index contributed by atoms with van der Waals surface area (Å²) in [5, 5.41) is 0.741. The third kappa shape index (κ3) is 4.78. The molecule has 1 aromatic rings. The number of nitrogens with zero attached hydrogens (tertiary/aromatic N) is 1. The van der Waals surface area contributed by atoms with Gasteiger partial charge in [-0.2, -0.15) is 0 Å². The van der Waals surface area contributed by atoms with Crippen molar-refractivity contribution in [2.45, 2.75) is 36.5 Å². The van der Waals surface area contributed by atoms with Crippen LogP contribution in [0.3, 0.4) is 0 Å². The van der Waals surface area contributed by atoms with E-state index in [0.29, 0.717) is 23.0 Å². The number of hydrogen-bond acceptors (Lipinski definition) is 4. The molecule has 0 aromatic heterocycles. The van der Waals surface area contributed by atoms with E-state index in [1.807, 2.05) is 6.92 Å². The van der Waals surface area contributed by atoms with Gasteiger partial charge in [-0.25, -0.2) is 8.42 Å². The minimum absolute atomic E-state index is 0.0574. The lowest BCUT2D eigenvalue weighted by Gasteiger charge is -2.29. The van der Waals surface area contributed by atoms with Crippen molar-refractivity contribution in [3.63, 3.8) is 0 Å². The Kier molecular flexibility index (Phi) is 6.28. The van der Waals surface area contributed by atoms with E-state index >= 15 is 0 Å². The van der Waals surface area contributed by atoms with Gasteiger partial charge in [0, 0.05) is 22.5 Å². The number of rotatable bonds is 5. The molecule has 0 spiro atoms. The second-order valence-corrected chi connectivity index (χ2v) is 9.97. The standard InChI is InChI=1S/C15H19Cl2NO3S2/c1-3-18(12-6-7-23(20,21)9-12)15(19)10(2)22-14-8-11(16)4-5-13(14)17/h4-5,8,10,12H,3,6-7,9H2,1-2H3/t10-,12+/m0/s1. The Balaban J connectivity index is 2.10. The Hall–Kier alpha value is -0.430. The van der Waals surface area contributed by atoms with Crippen molar-refractivity contribution in [1.29, 1.82) is 0 Å². The minimum Gasteiger partial charge on any atom is -0.338 e. The summed E-state index contributed by atoms with van der Waals surface area (Å²) in [6.45, 7) is 4.16. The normalized spacial score (nSPS) is 21.1. The molecule has 23 heavy (non-hydrogen) atoms. The fourth-order valence-corrected chi connectivity index (χ4v) is 5.87. The van der Waals surface area contributed by atoms with Gasteiger partial charge in [0.05, 0.1) is 21.8 Å². The van der Waals surface area contributed by atoms with Gasteiger partial charge in [0.15, 0.2) is 9.84 Å². The van der Waals surface area contributed by atoms with E-state index in [9.17, 15) is 13.2 Å². The summed E-state index contributed by atoms with van der Waals surface area (Å²) < 4.78 is 23.3. The van der Waals surface area contributed by atoms with Gasteiger partial charge in [-0.1, -0.05) is 23.2 Å². The van der Waals surface area contributed by atoms with Gasteiger partial charge in [-0.15, -0.1) is 11.8 Å². The zero-order chi connectivity index (χ0) is 17.2. The zero-order valence-electron chi connectivity index (χ0n) is 13.0. The lowest BCUT2D eigenvalue weighted by Crippen LogP contribution is -2.44. The lowest BCUT2D eigenvalue weighted by molar-refractivity contribution is -0.131. The summed E-state index contributed by atoms with van der Waals surface area (Å²) in [7, 11) is -3.02. The number of sulfone groups is 1. The quantitative estimate of drug-likeness (QED) is 0.715. The second kappa shape index (κ2) is 7.64. The van der Waals surface area contributed by atoms with Gasteiger partial charge in [0.1, 0.15) is 0 Å². The van der Waals surface area contributed by atoms with Crippen molar-refractivity contribution in [3.05, 3.63) is 28.2 Å². The molecule has 1 saturated heterocycles. The van der Waals surface area contributed by atoms with E-state index in [-0.39, 0.29) is 28.7 Å². The number of amides is 1. The topological polar surface area (TPSA) is 54.5 Å². The highest BCUT2D eigenvalue weighted by atomic mass is 35.5. The van der Waals surface area contributed by atoms with Crippen LogP contribution >= 0.6 is 35.0 Å². The largest absolute Gasteiger partial charge is 0.338 e. The summed E-state index contributed by atoms with van der Waals surface area (Å²) in [5.41, 5.74) is 0. The average Bonchev–Trinajstić information content (AvgIpc) is 2.83. The smallest absolute Gasteiger partial charge is 0.236 e. The molecule has 1 aliphatic heterocycles. The van der Waals surface area contributed by atoms with Crippen LogP contribution in [0.2, 0.25) is 10.0 Å². The molecule has 1 amide bonds. The first-order chi connectivity index (χ1) is 10.7. The van der Waals surface area contributed by atoms with E-state index in [4.69, 9.17) is 23.2 Å². The van der Waals surface area contributed by atoms with E-state index < -0.39 is 9.84 Å². The molecular weight excluding hydrogens is 377 g/mol. The molecule has 1 fully saturated rings. The number of halogens is 2. The maximum absolute atomic E-state index is 12.7. The van der Waals surface area contributed by atoms with E-state index in [1.54, 1.807) is 30.0 Å². The highest BCUT2D eigenvalue weighted by Gasteiger charge is 2.35. The van der Waals surface area contributed by atoms with E-state index in [1.165, 1.54) is 11.8 Å². The first-order valence-electron chi connectivity index (χ1n) is 7.36. The van der Waals surface area contributed by atoms with Gasteiger partial charge < -0.3 is 4.90 Å². The SMILES string of the molecule is CCN(C(=O)[C@H](C)Sc1cc(Cl)ccc1Cl)[C@@H]1CCS(=O)(=O)C1. The first kappa shape index (κ1) is 18.9. The predicted octanol–water partition coefficient (Wildman–Crippen LogP) is 3.51. The molecule has 1 aliphatic rings. The van der Waals surface area contributed by atoms with Crippen LogP contribution in [0.5, 0.6) is 0 Å². The van der Waals surface area contributed by atoms with Crippen LogP contribution in [-0.4, -0.2) is 48.6 Å². The summed E-state index contributed by atoms with van der Waals surface area (Å²) in [4.78, 5) is 15.1. The van der Waals surface area contributed by atoms with Crippen LogP contribution in [0.1, 0.15) is 20.3 Å². The van der Waals surface area contributed by atoms with Crippen LogP contribution in [0, 0.1) is 0 Å². The molecule has 0 bridgehead atoms. The monoisotopic (exact) mass is 395 g/mol. The number of thioether (sulfide) groups is 1. The summed E-state index contributed by atoms with van der Waals surface area (Å²) in [5.74, 6) is 0.140. The fourth-order valence-electron chi connectivity index (χ4n) is 2.66. The first-order valence-corrected chi connectivity index (χ1v) is 10.8. The van der Waals surface area contributed by atoms with Crippen molar-refractivity contribution in [2.24, 2.45) is 0 Å². The molecule has 0 radical (unpaired) electrons. The van der Waals surface area contributed by atoms with Crippen LogP contribution in [-0.2, 0) is 14.6 Å². The van der Waals surface area contributed by atoms with Crippen LogP contribution in [0.15, 0.2) is 23.1 Å². The van der Waals surface area contributed by atoms with Crippen molar-refractivity contribution in [3.8, 4) is 0 Å². The molecule has 8 heteroatoms. The van der Waals surface area contributed by atoms with Crippen molar-refractivity contribution in [2.75, 3.05) is 18.1 Å². The van der Waals surface area contributed by atoms with Gasteiger partial charge in [0.25, 0.3) is 0 Å². The summed E-state index contributed by atoms with van der Waals surface area (Å²) >= 11 is 13.4. The van der Waals surface area contributed by atoms with Gasteiger partial charge in [-0.05, 0) is 38.5 Å². The second-order valence-electron chi connectivity index (χ2n) is 5.52. The number of hydrogen-bond donors (Lipinski definition) is 0. The third-order valence-electron chi connectivity index (χ3n) is 3.82. The van der Waals surface area contributed by atoms with E-state index in [0.717, 1.165) is 4.90 Å². The van der Waals surface area contributed by atoms with Crippen LogP contribution in [0.4, 0.5) is 0 Å². The van der Waals surface area contributed by atoms with Crippen molar-refractivity contribution >= 4 is 50.7 Å². The third-order valence-corrected chi connectivity index (χ3v) is 7.39. The molecule has 2 rings (SSSR count). The van der Waals surface area contributed by atoms with Gasteiger partial charge in [-0.3, -0.25) is 4.79 Å².